The summed E-state index contributed by atoms with van der Waals surface area (Å²) in [6.45, 7) is 0. The minimum Gasteiger partial charge on any atom is -0.456 e. The molecule has 13 aromatic rings. The molecule has 0 aliphatic carbocycles. The Morgan fingerprint density at radius 3 is 1.34 bits per heavy atom. The Bertz CT molecular complexity index is 3820. The molecule has 3 heterocycles. The van der Waals surface area contributed by atoms with E-state index in [2.05, 4.69) is 216 Å². The van der Waals surface area contributed by atoms with Gasteiger partial charge in [-0.25, -0.2) is 0 Å². The molecule has 0 saturated carbocycles. The molecule has 0 bridgehead atoms. The maximum Gasteiger partial charge on any atom is 0.143 e. The smallest absolute Gasteiger partial charge is 0.143 e. The molecule has 4 nitrogen and oxygen atoms in total. The highest BCUT2D eigenvalue weighted by Gasteiger charge is 2.17. The topological polar surface area (TPSA) is 34.5 Å². The maximum absolute atomic E-state index is 6.43. The molecule has 0 saturated heterocycles. The van der Waals surface area contributed by atoms with Crippen LogP contribution < -0.4 is 4.90 Å². The molecular weight excluding hydrogens is 781 g/mol. The number of fused-ring (bicyclic) bond motifs is 9. The van der Waals surface area contributed by atoms with Crippen molar-refractivity contribution in [3.8, 4) is 39.1 Å². The van der Waals surface area contributed by atoms with Crippen LogP contribution in [0.1, 0.15) is 0 Å². The summed E-state index contributed by atoms with van der Waals surface area (Å²) in [6.07, 6.45) is 0. The van der Waals surface area contributed by atoms with E-state index in [-0.39, 0.29) is 0 Å². The number of benzene rings is 10. The molecular formula is C60H38N2O2. The van der Waals surface area contributed by atoms with E-state index in [1.165, 1.54) is 27.4 Å². The second-order valence-corrected chi connectivity index (χ2v) is 16.5. The lowest BCUT2D eigenvalue weighted by Crippen LogP contribution is -2.09. The Balaban J connectivity index is 0.864. The lowest BCUT2D eigenvalue weighted by molar-refractivity contribution is 0.669. The van der Waals surface area contributed by atoms with E-state index in [9.17, 15) is 0 Å². The molecule has 0 aliphatic rings. The number of para-hydroxylation sites is 5. The average Bonchev–Trinajstić information content (AvgIpc) is 4.04. The molecule has 0 amide bonds. The number of anilines is 3. The maximum atomic E-state index is 6.43. The second kappa shape index (κ2) is 14.5. The van der Waals surface area contributed by atoms with Gasteiger partial charge in [-0.2, -0.15) is 0 Å². The summed E-state index contributed by atoms with van der Waals surface area (Å²) < 4.78 is 14.9. The van der Waals surface area contributed by atoms with Gasteiger partial charge in [-0.15, -0.1) is 0 Å². The summed E-state index contributed by atoms with van der Waals surface area (Å²) in [5.74, 6) is 0. The molecule has 0 radical (unpaired) electrons. The lowest BCUT2D eigenvalue weighted by atomic mass is 10.0. The van der Waals surface area contributed by atoms with Crippen molar-refractivity contribution in [3.63, 3.8) is 0 Å². The van der Waals surface area contributed by atoms with Crippen LogP contribution >= 0.6 is 0 Å². The average molecular weight is 819 g/mol. The van der Waals surface area contributed by atoms with Crippen LogP contribution in [0.5, 0.6) is 0 Å². The zero-order valence-electron chi connectivity index (χ0n) is 34.7. The Hall–Kier alpha value is -8.60. The minimum absolute atomic E-state index is 0.898. The minimum atomic E-state index is 0.898. The van der Waals surface area contributed by atoms with Gasteiger partial charge in [0.15, 0.2) is 0 Å². The molecule has 10 aromatic carbocycles. The van der Waals surface area contributed by atoms with Gasteiger partial charge in [0.2, 0.25) is 0 Å². The Labute approximate surface area is 369 Å². The van der Waals surface area contributed by atoms with Gasteiger partial charge in [-0.05, 0) is 113 Å². The Morgan fingerprint density at radius 2 is 0.734 bits per heavy atom. The van der Waals surface area contributed by atoms with E-state index in [1.807, 2.05) is 24.3 Å². The molecule has 3 aromatic heterocycles. The van der Waals surface area contributed by atoms with Crippen molar-refractivity contribution in [2.45, 2.75) is 0 Å². The summed E-state index contributed by atoms with van der Waals surface area (Å²) in [6, 6.07) is 82.2. The molecule has 0 unspecified atom stereocenters. The molecule has 0 N–H and O–H groups in total. The lowest BCUT2D eigenvalue weighted by Gasteiger charge is -2.26. The fraction of sp³-hybridized carbons (Fsp3) is 0. The predicted octanol–water partition coefficient (Wildman–Crippen LogP) is 17.1. The number of rotatable bonds is 7. The van der Waals surface area contributed by atoms with Crippen molar-refractivity contribution in [2.75, 3.05) is 4.90 Å². The van der Waals surface area contributed by atoms with Crippen LogP contribution in [0.3, 0.4) is 0 Å². The van der Waals surface area contributed by atoms with Crippen molar-refractivity contribution >= 4 is 82.7 Å². The van der Waals surface area contributed by atoms with Crippen LogP contribution in [-0.4, -0.2) is 4.57 Å². The van der Waals surface area contributed by atoms with Crippen molar-refractivity contribution in [1.29, 1.82) is 0 Å². The van der Waals surface area contributed by atoms with E-state index in [4.69, 9.17) is 8.83 Å². The van der Waals surface area contributed by atoms with Crippen LogP contribution in [0.15, 0.2) is 239 Å². The fourth-order valence-electron chi connectivity index (χ4n) is 9.73. The highest BCUT2D eigenvalue weighted by Crippen LogP contribution is 2.41. The van der Waals surface area contributed by atoms with Crippen molar-refractivity contribution in [3.05, 3.63) is 231 Å². The number of hydrogen-bond donors (Lipinski definition) is 0. The predicted molar refractivity (Wildman–Crippen MR) is 266 cm³/mol. The molecule has 0 spiro atoms. The second-order valence-electron chi connectivity index (χ2n) is 16.5. The van der Waals surface area contributed by atoms with Crippen molar-refractivity contribution in [1.82, 2.24) is 4.57 Å². The SMILES string of the molecule is c1ccc2c(c1)oc1ccc(-c3ccc(N(c4ccc(-c5ccc(-n6c7ccccc7c7ccccc76)cc5)cc4)c4ccc(-c5cccc6c5oc5ccccc56)cc4)cc3)cc12. The Kier molecular flexibility index (Phi) is 8.18. The highest BCUT2D eigenvalue weighted by atomic mass is 16.3. The summed E-state index contributed by atoms with van der Waals surface area (Å²) >= 11 is 0. The first-order chi connectivity index (χ1) is 31.7. The quantitative estimate of drug-likeness (QED) is 0.161. The van der Waals surface area contributed by atoms with Gasteiger partial charge in [0, 0.05) is 60.6 Å². The fourth-order valence-corrected chi connectivity index (χ4v) is 9.73. The summed E-state index contributed by atoms with van der Waals surface area (Å²) in [5, 5.41) is 7.04. The van der Waals surface area contributed by atoms with Crippen LogP contribution in [0, 0.1) is 0 Å². The van der Waals surface area contributed by atoms with Gasteiger partial charge in [-0.3, -0.25) is 0 Å². The zero-order valence-corrected chi connectivity index (χ0v) is 34.7. The molecule has 64 heavy (non-hydrogen) atoms. The molecule has 300 valence electrons. The third-order valence-electron chi connectivity index (χ3n) is 12.8. The molecule has 13 rings (SSSR count). The van der Waals surface area contributed by atoms with Gasteiger partial charge >= 0.3 is 0 Å². The first-order valence-electron chi connectivity index (χ1n) is 21.7. The normalized spacial score (nSPS) is 11.8. The third-order valence-corrected chi connectivity index (χ3v) is 12.8. The van der Waals surface area contributed by atoms with Crippen LogP contribution in [0.4, 0.5) is 17.1 Å². The van der Waals surface area contributed by atoms with Gasteiger partial charge in [-0.1, -0.05) is 146 Å². The summed E-state index contributed by atoms with van der Waals surface area (Å²) in [5.41, 5.74) is 17.2. The standard InChI is InChI=1S/C60H38N2O2/c1-5-16-55-49(10-1)50-11-2-6-17-56(50)62(55)47-33-22-40(23-34-47)39-20-29-44(30-21-39)61(45-31-24-41(25-32-45)43-28-37-59-54(38-43)52-13-4-7-18-57(52)63-59)46-35-26-42(27-36-46)48-14-9-15-53-51-12-3-8-19-58(51)64-60(48)53/h1-38H. The molecule has 0 aliphatic heterocycles. The van der Waals surface area contributed by atoms with Crippen molar-refractivity contribution < 1.29 is 8.83 Å². The largest absolute Gasteiger partial charge is 0.456 e. The van der Waals surface area contributed by atoms with E-state index < -0.39 is 0 Å². The molecule has 4 heteroatoms. The van der Waals surface area contributed by atoms with E-state index >= 15 is 0 Å². The Morgan fingerprint density at radius 1 is 0.297 bits per heavy atom. The zero-order chi connectivity index (χ0) is 42.1. The highest BCUT2D eigenvalue weighted by molar-refractivity contribution is 6.11. The van der Waals surface area contributed by atoms with E-state index in [1.54, 1.807) is 0 Å². The van der Waals surface area contributed by atoms with Gasteiger partial charge in [0.25, 0.3) is 0 Å². The van der Waals surface area contributed by atoms with Gasteiger partial charge in [0.05, 0.1) is 11.0 Å². The third kappa shape index (κ3) is 5.84. The van der Waals surface area contributed by atoms with Crippen molar-refractivity contribution in [2.24, 2.45) is 0 Å². The number of hydrogen-bond acceptors (Lipinski definition) is 3. The first-order valence-corrected chi connectivity index (χ1v) is 21.7. The summed E-state index contributed by atoms with van der Waals surface area (Å²) in [4.78, 5) is 2.33. The number of furan rings is 2. The van der Waals surface area contributed by atoms with Crippen LogP contribution in [0.2, 0.25) is 0 Å². The van der Waals surface area contributed by atoms with Gasteiger partial charge in [0.1, 0.15) is 22.3 Å². The number of nitrogens with zero attached hydrogens (tertiary/aromatic N) is 2. The van der Waals surface area contributed by atoms with Gasteiger partial charge < -0.3 is 18.3 Å². The van der Waals surface area contributed by atoms with E-state index in [0.29, 0.717) is 0 Å². The van der Waals surface area contributed by atoms with Crippen LogP contribution in [0.25, 0.3) is 105 Å². The molecule has 0 fully saturated rings. The number of aromatic nitrogens is 1. The monoisotopic (exact) mass is 818 g/mol. The van der Waals surface area contributed by atoms with Crippen LogP contribution in [-0.2, 0) is 0 Å². The summed E-state index contributed by atoms with van der Waals surface area (Å²) in [7, 11) is 0. The molecule has 0 atom stereocenters. The first kappa shape index (κ1) is 36.1. The van der Waals surface area contributed by atoms with E-state index in [0.717, 1.165) is 94.4 Å².